The van der Waals surface area contributed by atoms with Crippen LogP contribution in [0, 0.1) is 0 Å². The maximum atomic E-state index is 9.10. The molecule has 1 aliphatic rings. The standard InChI is InChI=1S/C19H23ClN2O.C2H2O4/c1-23-18-8-6-16(7-9-18)14-21-10-12-22(13-11-21)15-17-4-2-3-5-19(17)20;3-1(4)2(5)6/h2-9H,10-15H2,1H3;(H,3,4)(H,5,6). The van der Waals surface area contributed by atoms with E-state index in [1.807, 2.05) is 24.3 Å². The number of carboxylic acids is 2. The van der Waals surface area contributed by atoms with Crippen molar-refractivity contribution in [3.63, 3.8) is 0 Å². The quantitative estimate of drug-likeness (QED) is 0.719. The van der Waals surface area contributed by atoms with E-state index in [1.165, 1.54) is 11.1 Å². The van der Waals surface area contributed by atoms with Crippen LogP contribution in [0.1, 0.15) is 11.1 Å². The molecule has 0 spiro atoms. The molecule has 0 atom stereocenters. The Bertz CT molecular complexity index is 793. The van der Waals surface area contributed by atoms with Crippen LogP contribution in [0.4, 0.5) is 0 Å². The molecule has 1 saturated heterocycles. The molecule has 0 bridgehead atoms. The largest absolute Gasteiger partial charge is 0.497 e. The number of carboxylic acid groups (broad SMARTS) is 2. The molecule has 0 saturated carbocycles. The smallest absolute Gasteiger partial charge is 0.414 e. The van der Waals surface area contributed by atoms with Gasteiger partial charge in [0.05, 0.1) is 7.11 Å². The van der Waals surface area contributed by atoms with E-state index in [0.717, 1.165) is 50.0 Å². The summed E-state index contributed by atoms with van der Waals surface area (Å²) in [5.41, 5.74) is 2.56. The van der Waals surface area contributed by atoms with Crippen molar-refractivity contribution in [1.29, 1.82) is 0 Å². The molecule has 156 valence electrons. The summed E-state index contributed by atoms with van der Waals surface area (Å²) in [7, 11) is 1.70. The molecule has 1 aliphatic heterocycles. The third-order valence-corrected chi connectivity index (χ3v) is 4.93. The average molecular weight is 421 g/mol. The molecule has 0 radical (unpaired) electrons. The molecule has 0 aromatic heterocycles. The molecular formula is C21H25ClN2O5. The Morgan fingerprint density at radius 2 is 1.41 bits per heavy atom. The van der Waals surface area contributed by atoms with Crippen LogP contribution >= 0.6 is 11.6 Å². The van der Waals surface area contributed by atoms with Gasteiger partial charge in [-0.1, -0.05) is 41.9 Å². The number of ether oxygens (including phenoxy) is 1. The van der Waals surface area contributed by atoms with Gasteiger partial charge in [-0.2, -0.15) is 0 Å². The number of piperazine rings is 1. The number of aliphatic carboxylic acids is 2. The summed E-state index contributed by atoms with van der Waals surface area (Å²) in [4.78, 5) is 23.2. The highest BCUT2D eigenvalue weighted by molar-refractivity contribution is 6.31. The van der Waals surface area contributed by atoms with Gasteiger partial charge in [0, 0.05) is 44.3 Å². The molecule has 0 unspecified atom stereocenters. The Kier molecular flexibility index (Phi) is 8.92. The van der Waals surface area contributed by atoms with Crippen molar-refractivity contribution in [2.24, 2.45) is 0 Å². The molecule has 1 fully saturated rings. The van der Waals surface area contributed by atoms with Gasteiger partial charge in [0.25, 0.3) is 0 Å². The van der Waals surface area contributed by atoms with Crippen LogP contribution in [0.3, 0.4) is 0 Å². The molecule has 0 amide bonds. The fourth-order valence-electron chi connectivity index (χ4n) is 2.96. The van der Waals surface area contributed by atoms with Crippen LogP contribution in [0.5, 0.6) is 5.75 Å². The zero-order chi connectivity index (χ0) is 21.2. The van der Waals surface area contributed by atoms with Crippen LogP contribution in [-0.4, -0.2) is 65.2 Å². The molecule has 3 rings (SSSR count). The maximum Gasteiger partial charge on any atom is 0.414 e. The molecular weight excluding hydrogens is 396 g/mol. The minimum atomic E-state index is -1.82. The number of rotatable bonds is 5. The van der Waals surface area contributed by atoms with Crippen LogP contribution < -0.4 is 4.74 Å². The summed E-state index contributed by atoms with van der Waals surface area (Å²) in [6.07, 6.45) is 0. The van der Waals surface area contributed by atoms with Crippen molar-refractivity contribution >= 4 is 23.5 Å². The lowest BCUT2D eigenvalue weighted by atomic mass is 10.1. The molecule has 7 nitrogen and oxygen atoms in total. The number of hydrogen-bond donors (Lipinski definition) is 2. The topological polar surface area (TPSA) is 90.3 Å². The minimum Gasteiger partial charge on any atom is -0.497 e. The van der Waals surface area contributed by atoms with Gasteiger partial charge >= 0.3 is 11.9 Å². The highest BCUT2D eigenvalue weighted by Crippen LogP contribution is 2.19. The molecule has 2 aromatic rings. The average Bonchev–Trinajstić information content (AvgIpc) is 2.72. The molecule has 8 heteroatoms. The number of methoxy groups -OCH3 is 1. The Balaban J connectivity index is 0.000000438. The van der Waals surface area contributed by atoms with E-state index >= 15 is 0 Å². The van der Waals surface area contributed by atoms with E-state index in [2.05, 4.69) is 34.1 Å². The highest BCUT2D eigenvalue weighted by Gasteiger charge is 2.17. The summed E-state index contributed by atoms with van der Waals surface area (Å²) in [6, 6.07) is 16.5. The van der Waals surface area contributed by atoms with Gasteiger partial charge in [-0.05, 0) is 29.3 Å². The first kappa shape index (κ1) is 22.7. The lowest BCUT2D eigenvalue weighted by molar-refractivity contribution is -0.159. The van der Waals surface area contributed by atoms with E-state index in [0.29, 0.717) is 0 Å². The van der Waals surface area contributed by atoms with Crippen LogP contribution in [0.15, 0.2) is 48.5 Å². The Labute approximate surface area is 175 Å². The van der Waals surface area contributed by atoms with E-state index < -0.39 is 11.9 Å². The lowest BCUT2D eigenvalue weighted by Gasteiger charge is -2.34. The summed E-state index contributed by atoms with van der Waals surface area (Å²) in [6.45, 7) is 6.30. The third-order valence-electron chi connectivity index (χ3n) is 4.56. The van der Waals surface area contributed by atoms with E-state index in [1.54, 1.807) is 7.11 Å². The Hall–Kier alpha value is -2.61. The van der Waals surface area contributed by atoms with Crippen molar-refractivity contribution in [3.05, 3.63) is 64.7 Å². The van der Waals surface area contributed by atoms with Gasteiger partial charge in [0.15, 0.2) is 0 Å². The maximum absolute atomic E-state index is 9.10. The fourth-order valence-corrected chi connectivity index (χ4v) is 3.16. The van der Waals surface area contributed by atoms with Crippen LogP contribution in [0.25, 0.3) is 0 Å². The normalized spacial score (nSPS) is 14.6. The number of halogens is 1. The van der Waals surface area contributed by atoms with Gasteiger partial charge in [-0.3, -0.25) is 9.80 Å². The van der Waals surface area contributed by atoms with Crippen molar-refractivity contribution in [2.45, 2.75) is 13.1 Å². The van der Waals surface area contributed by atoms with E-state index in [4.69, 9.17) is 36.1 Å². The molecule has 1 heterocycles. The first-order chi connectivity index (χ1) is 13.9. The van der Waals surface area contributed by atoms with Gasteiger partial charge in [-0.15, -0.1) is 0 Å². The first-order valence-corrected chi connectivity index (χ1v) is 9.54. The summed E-state index contributed by atoms with van der Waals surface area (Å²) >= 11 is 6.26. The zero-order valence-corrected chi connectivity index (χ0v) is 17.0. The van der Waals surface area contributed by atoms with Gasteiger partial charge in [0.2, 0.25) is 0 Å². The monoisotopic (exact) mass is 420 g/mol. The molecule has 0 aliphatic carbocycles. The first-order valence-electron chi connectivity index (χ1n) is 9.16. The lowest BCUT2D eigenvalue weighted by Crippen LogP contribution is -2.45. The second-order valence-corrected chi connectivity index (χ2v) is 7.01. The third kappa shape index (κ3) is 7.73. The summed E-state index contributed by atoms with van der Waals surface area (Å²) in [5, 5.41) is 15.7. The van der Waals surface area contributed by atoms with Gasteiger partial charge in [-0.25, -0.2) is 9.59 Å². The van der Waals surface area contributed by atoms with Crippen molar-refractivity contribution < 1.29 is 24.5 Å². The van der Waals surface area contributed by atoms with Crippen LogP contribution in [0.2, 0.25) is 5.02 Å². The van der Waals surface area contributed by atoms with Crippen LogP contribution in [-0.2, 0) is 22.7 Å². The van der Waals surface area contributed by atoms with Crippen molar-refractivity contribution in [2.75, 3.05) is 33.3 Å². The predicted octanol–water partition coefficient (Wildman–Crippen LogP) is 2.82. The SMILES string of the molecule is COc1ccc(CN2CCN(Cc3ccccc3Cl)CC2)cc1.O=C(O)C(=O)O. The molecule has 29 heavy (non-hydrogen) atoms. The van der Waals surface area contributed by atoms with Crippen molar-refractivity contribution in [3.8, 4) is 5.75 Å². The Morgan fingerprint density at radius 1 is 0.897 bits per heavy atom. The second-order valence-electron chi connectivity index (χ2n) is 6.60. The number of carbonyl (C=O) groups is 2. The number of benzene rings is 2. The summed E-state index contributed by atoms with van der Waals surface area (Å²) in [5.74, 6) is -2.73. The zero-order valence-electron chi connectivity index (χ0n) is 16.3. The second kappa shape index (κ2) is 11.4. The predicted molar refractivity (Wildman–Crippen MR) is 110 cm³/mol. The van der Waals surface area contributed by atoms with Gasteiger partial charge < -0.3 is 14.9 Å². The Morgan fingerprint density at radius 3 is 1.90 bits per heavy atom. The molecule has 2 aromatic carbocycles. The van der Waals surface area contributed by atoms with E-state index in [9.17, 15) is 0 Å². The number of hydrogen-bond acceptors (Lipinski definition) is 5. The number of nitrogens with zero attached hydrogens (tertiary/aromatic N) is 2. The van der Waals surface area contributed by atoms with E-state index in [-0.39, 0.29) is 0 Å². The van der Waals surface area contributed by atoms with Crippen molar-refractivity contribution in [1.82, 2.24) is 9.80 Å². The fraction of sp³-hybridized carbons (Fsp3) is 0.333. The molecule has 2 N–H and O–H groups in total. The summed E-state index contributed by atoms with van der Waals surface area (Å²) < 4.78 is 5.21. The highest BCUT2D eigenvalue weighted by atomic mass is 35.5. The minimum absolute atomic E-state index is 0.869. The van der Waals surface area contributed by atoms with Gasteiger partial charge in [0.1, 0.15) is 5.75 Å².